The van der Waals surface area contributed by atoms with Crippen molar-refractivity contribution in [2.75, 3.05) is 20.8 Å². The standard InChI is InChI=1S/C21H27F2N3O3/c1-5-28-19-11-15(7-9-18(19)27-4)12-25-21(24-3)26-13-16-10-14(2)6-8-17(16)29-20(22)23/h6-11,20H,5,12-13H2,1-4H3,(H2,24,25,26). The van der Waals surface area contributed by atoms with E-state index in [0.29, 0.717) is 36.2 Å². The number of aliphatic imine (C=N–C) groups is 1. The highest BCUT2D eigenvalue weighted by Crippen LogP contribution is 2.28. The lowest BCUT2D eigenvalue weighted by molar-refractivity contribution is -0.0504. The molecule has 0 aromatic heterocycles. The van der Waals surface area contributed by atoms with Gasteiger partial charge in [0.25, 0.3) is 0 Å². The van der Waals surface area contributed by atoms with Crippen molar-refractivity contribution >= 4 is 5.96 Å². The maximum atomic E-state index is 12.6. The molecule has 0 unspecified atom stereocenters. The lowest BCUT2D eigenvalue weighted by Crippen LogP contribution is -2.36. The normalized spacial score (nSPS) is 11.3. The second-order valence-electron chi connectivity index (χ2n) is 6.19. The van der Waals surface area contributed by atoms with Gasteiger partial charge in [0.15, 0.2) is 17.5 Å². The minimum absolute atomic E-state index is 0.144. The summed E-state index contributed by atoms with van der Waals surface area (Å²) in [6.45, 7) is 2.25. The van der Waals surface area contributed by atoms with Gasteiger partial charge >= 0.3 is 6.61 Å². The Kier molecular flexibility index (Phi) is 8.51. The van der Waals surface area contributed by atoms with Crippen LogP contribution in [0.1, 0.15) is 23.6 Å². The third kappa shape index (κ3) is 6.81. The van der Waals surface area contributed by atoms with Gasteiger partial charge in [-0.1, -0.05) is 23.8 Å². The quantitative estimate of drug-likeness (QED) is 0.488. The molecule has 29 heavy (non-hydrogen) atoms. The lowest BCUT2D eigenvalue weighted by Gasteiger charge is -2.16. The number of methoxy groups -OCH3 is 1. The minimum atomic E-state index is -2.87. The maximum absolute atomic E-state index is 12.6. The van der Waals surface area contributed by atoms with Crippen LogP contribution in [0, 0.1) is 6.92 Å². The summed E-state index contributed by atoms with van der Waals surface area (Å²) in [5.41, 5.74) is 2.55. The van der Waals surface area contributed by atoms with Gasteiger partial charge in [0.05, 0.1) is 13.7 Å². The van der Waals surface area contributed by atoms with Crippen LogP contribution in [0.5, 0.6) is 17.2 Å². The maximum Gasteiger partial charge on any atom is 0.387 e. The molecule has 0 radical (unpaired) electrons. The Bertz CT molecular complexity index is 829. The molecular formula is C21H27F2N3O3. The van der Waals surface area contributed by atoms with Gasteiger partial charge in [-0.2, -0.15) is 8.78 Å². The number of alkyl halides is 2. The minimum Gasteiger partial charge on any atom is -0.493 e. The fourth-order valence-corrected chi connectivity index (χ4v) is 2.74. The molecule has 0 fully saturated rings. The van der Waals surface area contributed by atoms with Gasteiger partial charge in [-0.05, 0) is 37.6 Å². The number of hydrogen-bond acceptors (Lipinski definition) is 4. The summed E-state index contributed by atoms with van der Waals surface area (Å²) in [7, 11) is 3.24. The predicted octanol–water partition coefficient (Wildman–Crippen LogP) is 3.87. The average molecular weight is 407 g/mol. The zero-order valence-electron chi connectivity index (χ0n) is 17.1. The highest BCUT2D eigenvalue weighted by Gasteiger charge is 2.11. The van der Waals surface area contributed by atoms with Crippen molar-refractivity contribution in [3.8, 4) is 17.2 Å². The van der Waals surface area contributed by atoms with Crippen LogP contribution in [0.3, 0.4) is 0 Å². The number of nitrogens with one attached hydrogen (secondary N) is 2. The van der Waals surface area contributed by atoms with E-state index < -0.39 is 6.61 Å². The number of halogens is 2. The number of benzene rings is 2. The van der Waals surface area contributed by atoms with Crippen molar-refractivity contribution in [1.82, 2.24) is 10.6 Å². The summed E-state index contributed by atoms with van der Waals surface area (Å²) in [5.74, 6) is 2.02. The predicted molar refractivity (Wildman–Crippen MR) is 109 cm³/mol. The molecule has 2 rings (SSSR count). The highest BCUT2D eigenvalue weighted by atomic mass is 19.3. The molecule has 0 heterocycles. The van der Waals surface area contributed by atoms with E-state index in [9.17, 15) is 8.78 Å². The Morgan fingerprint density at radius 3 is 2.41 bits per heavy atom. The first-order chi connectivity index (χ1) is 14.0. The Hall–Kier alpha value is -3.03. The molecule has 0 saturated heterocycles. The summed E-state index contributed by atoms with van der Waals surface area (Å²) >= 11 is 0. The third-order valence-corrected chi connectivity index (χ3v) is 4.09. The Balaban J connectivity index is 2.00. The zero-order chi connectivity index (χ0) is 21.2. The van der Waals surface area contributed by atoms with Gasteiger partial charge in [0.1, 0.15) is 5.75 Å². The van der Waals surface area contributed by atoms with Gasteiger partial charge in [0.2, 0.25) is 0 Å². The van der Waals surface area contributed by atoms with E-state index in [-0.39, 0.29) is 12.3 Å². The molecule has 0 saturated carbocycles. The summed E-state index contributed by atoms with van der Waals surface area (Å²) < 4.78 is 40.7. The van der Waals surface area contributed by atoms with Gasteiger partial charge in [-0.3, -0.25) is 4.99 Å². The molecule has 0 aliphatic carbocycles. The largest absolute Gasteiger partial charge is 0.493 e. The topological polar surface area (TPSA) is 64.1 Å². The number of hydrogen-bond donors (Lipinski definition) is 2. The molecule has 0 spiro atoms. The van der Waals surface area contributed by atoms with Crippen LogP contribution in [-0.2, 0) is 13.1 Å². The zero-order valence-corrected chi connectivity index (χ0v) is 17.1. The molecule has 2 aromatic rings. The first kappa shape index (κ1) is 22.3. The molecule has 0 amide bonds. The van der Waals surface area contributed by atoms with Crippen LogP contribution in [-0.4, -0.2) is 33.3 Å². The van der Waals surface area contributed by atoms with Gasteiger partial charge < -0.3 is 24.8 Å². The fourth-order valence-electron chi connectivity index (χ4n) is 2.74. The van der Waals surface area contributed by atoms with Crippen molar-refractivity contribution in [3.63, 3.8) is 0 Å². The van der Waals surface area contributed by atoms with Gasteiger partial charge in [-0.25, -0.2) is 0 Å². The smallest absolute Gasteiger partial charge is 0.387 e. The Morgan fingerprint density at radius 2 is 1.76 bits per heavy atom. The fraction of sp³-hybridized carbons (Fsp3) is 0.381. The van der Waals surface area contributed by atoms with E-state index in [0.717, 1.165) is 11.1 Å². The van der Waals surface area contributed by atoms with E-state index in [4.69, 9.17) is 9.47 Å². The Labute approximate surface area is 169 Å². The molecule has 0 bridgehead atoms. The second-order valence-corrected chi connectivity index (χ2v) is 6.19. The lowest BCUT2D eigenvalue weighted by atomic mass is 10.1. The summed E-state index contributed by atoms with van der Waals surface area (Å²) in [6.07, 6.45) is 0. The molecule has 0 atom stereocenters. The molecule has 8 heteroatoms. The van der Waals surface area contributed by atoms with Crippen LogP contribution in [0.2, 0.25) is 0 Å². The molecular weight excluding hydrogens is 380 g/mol. The van der Waals surface area contributed by atoms with E-state index >= 15 is 0 Å². The summed E-state index contributed by atoms with van der Waals surface area (Å²) in [5, 5.41) is 6.31. The number of ether oxygens (including phenoxy) is 3. The van der Waals surface area contributed by atoms with E-state index in [2.05, 4.69) is 20.4 Å². The average Bonchev–Trinajstić information content (AvgIpc) is 2.70. The first-order valence-corrected chi connectivity index (χ1v) is 9.25. The molecule has 0 aliphatic heterocycles. The van der Waals surface area contributed by atoms with Crippen molar-refractivity contribution in [2.24, 2.45) is 4.99 Å². The number of nitrogens with zero attached hydrogens (tertiary/aromatic N) is 1. The van der Waals surface area contributed by atoms with Crippen LogP contribution in [0.25, 0.3) is 0 Å². The van der Waals surface area contributed by atoms with Crippen LogP contribution >= 0.6 is 0 Å². The first-order valence-electron chi connectivity index (χ1n) is 9.25. The number of rotatable bonds is 9. The molecule has 2 aromatic carbocycles. The van der Waals surface area contributed by atoms with E-state index in [1.807, 2.05) is 32.0 Å². The van der Waals surface area contributed by atoms with E-state index in [1.165, 1.54) is 0 Å². The van der Waals surface area contributed by atoms with Gasteiger partial charge in [-0.15, -0.1) is 0 Å². The summed E-state index contributed by atoms with van der Waals surface area (Å²) in [6, 6.07) is 10.7. The van der Waals surface area contributed by atoms with Crippen molar-refractivity contribution in [3.05, 3.63) is 53.1 Å². The second kappa shape index (κ2) is 11.1. The van der Waals surface area contributed by atoms with Crippen LogP contribution < -0.4 is 24.8 Å². The van der Waals surface area contributed by atoms with Crippen LogP contribution in [0.4, 0.5) is 8.78 Å². The highest BCUT2D eigenvalue weighted by molar-refractivity contribution is 5.79. The molecule has 6 nitrogen and oxygen atoms in total. The molecule has 2 N–H and O–H groups in total. The van der Waals surface area contributed by atoms with Crippen molar-refractivity contribution < 1.29 is 23.0 Å². The van der Waals surface area contributed by atoms with Crippen molar-refractivity contribution in [2.45, 2.75) is 33.5 Å². The SMILES string of the molecule is CCOc1cc(CNC(=NC)NCc2cc(C)ccc2OC(F)F)ccc1OC. The van der Waals surface area contributed by atoms with Crippen LogP contribution in [0.15, 0.2) is 41.4 Å². The number of guanidine groups is 1. The number of aryl methyl sites for hydroxylation is 1. The third-order valence-electron chi connectivity index (χ3n) is 4.09. The Morgan fingerprint density at radius 1 is 1.03 bits per heavy atom. The van der Waals surface area contributed by atoms with Gasteiger partial charge in [0, 0.05) is 25.7 Å². The molecule has 0 aliphatic rings. The summed E-state index contributed by atoms with van der Waals surface area (Å²) in [4.78, 5) is 4.17. The van der Waals surface area contributed by atoms with Crippen molar-refractivity contribution in [1.29, 1.82) is 0 Å². The molecule has 158 valence electrons. The van der Waals surface area contributed by atoms with E-state index in [1.54, 1.807) is 32.4 Å². The monoisotopic (exact) mass is 407 g/mol.